The number of hydrogen-bond acceptors (Lipinski definition) is 3. The highest BCUT2D eigenvalue weighted by atomic mass is 32.2. The standard InChI is InChI=1S/C22H24N2O3S/c1-27-17-7-9-21-19(13-17)20-14-24(11-10-22(20)23-21)28(25,26)18-8-6-15-4-2-3-5-16(15)12-18/h6-9,12-13,23H,2-5,10-11,14H2,1H3. The second-order valence-electron chi connectivity index (χ2n) is 7.72. The number of sulfonamides is 1. The van der Waals surface area contributed by atoms with E-state index in [1.54, 1.807) is 17.5 Å². The maximum Gasteiger partial charge on any atom is 0.243 e. The summed E-state index contributed by atoms with van der Waals surface area (Å²) in [7, 11) is -1.87. The number of aryl methyl sites for hydroxylation is 2. The first kappa shape index (κ1) is 17.8. The Morgan fingerprint density at radius 1 is 1.00 bits per heavy atom. The Morgan fingerprint density at radius 3 is 2.64 bits per heavy atom. The van der Waals surface area contributed by atoms with E-state index in [9.17, 15) is 8.42 Å². The van der Waals surface area contributed by atoms with Crippen LogP contribution in [0.4, 0.5) is 0 Å². The molecule has 3 aromatic rings. The Bertz CT molecular complexity index is 1160. The van der Waals surface area contributed by atoms with Crippen molar-refractivity contribution in [1.29, 1.82) is 0 Å². The smallest absolute Gasteiger partial charge is 0.243 e. The number of hydrogen-bond donors (Lipinski definition) is 1. The van der Waals surface area contributed by atoms with E-state index in [0.717, 1.165) is 47.2 Å². The van der Waals surface area contributed by atoms with Gasteiger partial charge in [0.15, 0.2) is 0 Å². The largest absolute Gasteiger partial charge is 0.497 e. The normalized spacial score (nSPS) is 17.3. The third-order valence-corrected chi connectivity index (χ3v) is 7.95. The highest BCUT2D eigenvalue weighted by Crippen LogP contribution is 2.33. The van der Waals surface area contributed by atoms with Crippen molar-refractivity contribution in [2.45, 2.75) is 43.5 Å². The first-order valence-corrected chi connectivity index (χ1v) is 11.3. The summed E-state index contributed by atoms with van der Waals surface area (Å²) in [5.74, 6) is 0.781. The number of aromatic nitrogens is 1. The quantitative estimate of drug-likeness (QED) is 0.732. The number of nitrogens with zero attached hydrogens (tertiary/aromatic N) is 1. The summed E-state index contributed by atoms with van der Waals surface area (Å²) in [5, 5.41) is 1.04. The lowest BCUT2D eigenvalue weighted by Gasteiger charge is -2.27. The lowest BCUT2D eigenvalue weighted by molar-refractivity contribution is 0.391. The van der Waals surface area contributed by atoms with Crippen molar-refractivity contribution < 1.29 is 13.2 Å². The Kier molecular flexibility index (Phi) is 4.21. The number of H-pyrrole nitrogens is 1. The van der Waals surface area contributed by atoms with Gasteiger partial charge in [-0.25, -0.2) is 8.42 Å². The summed E-state index contributed by atoms with van der Waals surface area (Å²) in [6, 6.07) is 11.6. The van der Waals surface area contributed by atoms with Gasteiger partial charge in [-0.1, -0.05) is 6.07 Å². The molecule has 0 spiro atoms. The molecule has 0 fully saturated rings. The second kappa shape index (κ2) is 6.64. The van der Waals surface area contributed by atoms with Crippen LogP contribution in [-0.4, -0.2) is 31.4 Å². The molecular formula is C22H24N2O3S. The Labute approximate surface area is 165 Å². The zero-order valence-electron chi connectivity index (χ0n) is 16.0. The molecule has 0 radical (unpaired) electrons. The highest BCUT2D eigenvalue weighted by Gasteiger charge is 2.31. The van der Waals surface area contributed by atoms with Crippen molar-refractivity contribution in [3.05, 3.63) is 58.8 Å². The molecule has 2 aliphatic rings. The fourth-order valence-corrected chi connectivity index (χ4v) is 5.98. The maximum atomic E-state index is 13.4. The summed E-state index contributed by atoms with van der Waals surface area (Å²) < 4.78 is 33.7. The minimum Gasteiger partial charge on any atom is -0.497 e. The number of rotatable bonds is 3. The van der Waals surface area contributed by atoms with E-state index in [1.165, 1.54) is 17.5 Å². The van der Waals surface area contributed by atoms with Gasteiger partial charge >= 0.3 is 0 Å². The highest BCUT2D eigenvalue weighted by molar-refractivity contribution is 7.89. The Balaban J connectivity index is 1.51. The van der Waals surface area contributed by atoms with Crippen LogP contribution in [0.2, 0.25) is 0 Å². The van der Waals surface area contributed by atoms with Gasteiger partial charge in [0.1, 0.15) is 5.75 Å². The number of methoxy groups -OCH3 is 1. The predicted molar refractivity (Wildman–Crippen MR) is 109 cm³/mol. The van der Waals surface area contributed by atoms with Gasteiger partial charge in [-0.05, 0) is 72.7 Å². The molecule has 1 aliphatic carbocycles. The van der Waals surface area contributed by atoms with Gasteiger partial charge in [-0.3, -0.25) is 0 Å². The lowest BCUT2D eigenvalue weighted by Crippen LogP contribution is -2.35. The molecule has 0 saturated carbocycles. The van der Waals surface area contributed by atoms with E-state index in [4.69, 9.17) is 4.74 Å². The molecule has 0 amide bonds. The summed E-state index contributed by atoms with van der Waals surface area (Å²) in [5.41, 5.74) is 5.71. The SMILES string of the molecule is COc1ccc2[nH]c3c(c2c1)CN(S(=O)(=O)c1ccc2c(c1)CCCC2)CC3. The third-order valence-electron chi connectivity index (χ3n) is 6.11. The van der Waals surface area contributed by atoms with E-state index < -0.39 is 10.0 Å². The molecule has 0 atom stereocenters. The molecule has 2 heterocycles. The van der Waals surface area contributed by atoms with Crippen LogP contribution in [0.1, 0.15) is 35.2 Å². The van der Waals surface area contributed by atoms with Gasteiger partial charge in [0.25, 0.3) is 0 Å². The van der Waals surface area contributed by atoms with Crippen LogP contribution in [0.25, 0.3) is 10.9 Å². The average molecular weight is 397 g/mol. The topological polar surface area (TPSA) is 62.4 Å². The fourth-order valence-electron chi connectivity index (χ4n) is 4.52. The van der Waals surface area contributed by atoms with E-state index >= 15 is 0 Å². The monoisotopic (exact) mass is 396 g/mol. The third kappa shape index (κ3) is 2.83. The summed E-state index contributed by atoms with van der Waals surface area (Å²) in [6.07, 6.45) is 5.06. The molecule has 5 nitrogen and oxygen atoms in total. The molecule has 5 rings (SSSR count). The average Bonchev–Trinajstić information content (AvgIpc) is 3.10. The predicted octanol–water partition coefficient (Wildman–Crippen LogP) is 3.80. The summed E-state index contributed by atoms with van der Waals surface area (Å²) in [4.78, 5) is 3.87. The number of aromatic amines is 1. The summed E-state index contributed by atoms with van der Waals surface area (Å²) >= 11 is 0. The van der Waals surface area contributed by atoms with E-state index in [0.29, 0.717) is 24.4 Å². The molecule has 0 saturated heterocycles. The van der Waals surface area contributed by atoms with Crippen LogP contribution in [0.5, 0.6) is 5.75 Å². The number of fused-ring (bicyclic) bond motifs is 4. The Morgan fingerprint density at radius 2 is 1.82 bits per heavy atom. The minimum absolute atomic E-state index is 0.391. The number of ether oxygens (including phenoxy) is 1. The zero-order chi connectivity index (χ0) is 19.3. The number of benzene rings is 2. The fraction of sp³-hybridized carbons (Fsp3) is 0.364. The molecule has 6 heteroatoms. The van der Waals surface area contributed by atoms with Crippen molar-refractivity contribution in [3.8, 4) is 5.75 Å². The molecule has 146 valence electrons. The van der Waals surface area contributed by atoms with E-state index in [-0.39, 0.29) is 0 Å². The maximum absolute atomic E-state index is 13.4. The van der Waals surface area contributed by atoms with E-state index in [2.05, 4.69) is 4.98 Å². The molecule has 1 N–H and O–H groups in total. The number of nitrogens with one attached hydrogen (secondary N) is 1. The summed E-state index contributed by atoms with van der Waals surface area (Å²) in [6.45, 7) is 0.887. The van der Waals surface area contributed by atoms with Crippen LogP contribution < -0.4 is 4.74 Å². The zero-order valence-corrected chi connectivity index (χ0v) is 16.8. The molecule has 2 aromatic carbocycles. The van der Waals surface area contributed by atoms with E-state index in [1.807, 2.05) is 30.3 Å². The molecule has 1 aliphatic heterocycles. The van der Waals surface area contributed by atoms with Crippen LogP contribution in [0.3, 0.4) is 0 Å². The van der Waals surface area contributed by atoms with Crippen LogP contribution >= 0.6 is 0 Å². The lowest BCUT2D eigenvalue weighted by atomic mass is 9.92. The van der Waals surface area contributed by atoms with Gasteiger partial charge in [0.2, 0.25) is 10.0 Å². The van der Waals surface area contributed by atoms with Gasteiger partial charge in [0.05, 0.1) is 12.0 Å². The molecule has 0 bridgehead atoms. The first-order valence-electron chi connectivity index (χ1n) is 9.86. The van der Waals surface area contributed by atoms with Gasteiger partial charge in [-0.2, -0.15) is 4.31 Å². The van der Waals surface area contributed by atoms with Gasteiger partial charge in [0, 0.05) is 36.1 Å². The van der Waals surface area contributed by atoms with Crippen LogP contribution in [0.15, 0.2) is 41.3 Å². The van der Waals surface area contributed by atoms with Crippen molar-refractivity contribution in [1.82, 2.24) is 9.29 Å². The second-order valence-corrected chi connectivity index (χ2v) is 9.66. The molecule has 0 unspecified atom stereocenters. The van der Waals surface area contributed by atoms with Crippen molar-refractivity contribution in [2.24, 2.45) is 0 Å². The first-order chi connectivity index (χ1) is 13.6. The van der Waals surface area contributed by atoms with Gasteiger partial charge < -0.3 is 9.72 Å². The van der Waals surface area contributed by atoms with Crippen molar-refractivity contribution >= 4 is 20.9 Å². The van der Waals surface area contributed by atoms with Gasteiger partial charge in [-0.15, -0.1) is 0 Å². The molecule has 1 aromatic heterocycles. The van der Waals surface area contributed by atoms with Crippen LogP contribution in [0, 0.1) is 0 Å². The van der Waals surface area contributed by atoms with Crippen molar-refractivity contribution in [3.63, 3.8) is 0 Å². The van der Waals surface area contributed by atoms with Crippen LogP contribution in [-0.2, 0) is 35.8 Å². The van der Waals surface area contributed by atoms with Crippen molar-refractivity contribution in [2.75, 3.05) is 13.7 Å². The molecular weight excluding hydrogens is 372 g/mol. The Hall–Kier alpha value is -2.31. The molecule has 28 heavy (non-hydrogen) atoms. The minimum atomic E-state index is -3.51.